The van der Waals surface area contributed by atoms with Gasteiger partial charge in [-0.15, -0.1) is 0 Å². The minimum absolute atomic E-state index is 0. The minimum Gasteiger partial charge on any atom is -1.00 e. The maximum absolute atomic E-state index is 6.84. The number of benzene rings is 1. The Bertz CT molecular complexity index is 496. The molecule has 1 aliphatic heterocycles. The molecule has 0 aromatic heterocycles. The topological polar surface area (TPSA) is 18.5 Å². The van der Waals surface area contributed by atoms with E-state index in [-0.39, 0.29) is 35.7 Å². The quantitative estimate of drug-likeness (QED) is 0.499. The van der Waals surface area contributed by atoms with Gasteiger partial charge in [0.15, 0.2) is 0 Å². The molecule has 3 rings (SSSR count). The first kappa shape index (κ1) is 20.1. The lowest BCUT2D eigenvalue weighted by Gasteiger charge is -2.48. The van der Waals surface area contributed by atoms with Crippen LogP contribution in [0.1, 0.15) is 37.7 Å². The third-order valence-electron chi connectivity index (χ3n) is 5.28. The van der Waals surface area contributed by atoms with E-state index >= 15 is 0 Å². The molecule has 0 radical (unpaired) electrons. The van der Waals surface area contributed by atoms with Gasteiger partial charge in [-0.3, -0.25) is 0 Å². The maximum atomic E-state index is 6.84. The Balaban J connectivity index is 0.00000208. The first-order chi connectivity index (χ1) is 11.0. The van der Waals surface area contributed by atoms with Gasteiger partial charge in [-0.1, -0.05) is 49.6 Å². The molecule has 0 amide bonds. The Labute approximate surface area is 164 Å². The van der Waals surface area contributed by atoms with E-state index in [9.17, 15) is 0 Å². The van der Waals surface area contributed by atoms with Gasteiger partial charge < -0.3 is 37.9 Å². The van der Waals surface area contributed by atoms with E-state index < -0.39 is 0 Å². The van der Waals surface area contributed by atoms with Gasteiger partial charge in [0.2, 0.25) is 0 Å². The lowest BCUT2D eigenvalue weighted by atomic mass is 9.73. The highest BCUT2D eigenvalue weighted by molar-refractivity contribution is 5.25. The highest BCUT2D eigenvalue weighted by Gasteiger charge is 2.47. The highest BCUT2D eigenvalue weighted by Crippen LogP contribution is 2.44. The molecule has 2 aliphatic rings. The zero-order chi connectivity index (χ0) is 16.3. The van der Waals surface area contributed by atoms with Gasteiger partial charge in [-0.25, -0.2) is 0 Å². The fourth-order valence-corrected chi connectivity index (χ4v) is 4.30. The first-order valence-electron chi connectivity index (χ1n) is 9.11. The minimum atomic E-state index is -0.250. The summed E-state index contributed by atoms with van der Waals surface area (Å²) in [4.78, 5) is 0. The number of halogens is 1. The number of rotatable bonds is 4. The van der Waals surface area contributed by atoms with E-state index in [2.05, 4.69) is 51.5 Å². The average Bonchev–Trinajstić information content (AvgIpc) is 2.55. The number of likely N-dealkylation sites (N-methyl/N-ethyl adjacent to an activating group) is 1. The van der Waals surface area contributed by atoms with Crippen molar-refractivity contribution >= 4 is 0 Å². The van der Waals surface area contributed by atoms with E-state index in [0.29, 0.717) is 12.5 Å². The molecular weight excluding hydrogens is 413 g/mol. The third kappa shape index (κ3) is 4.71. The summed E-state index contributed by atoms with van der Waals surface area (Å²) in [5.41, 5.74) is 1.05. The van der Waals surface area contributed by atoms with Crippen molar-refractivity contribution in [3.05, 3.63) is 35.9 Å². The van der Waals surface area contributed by atoms with Crippen molar-refractivity contribution in [2.75, 3.05) is 40.9 Å². The van der Waals surface area contributed by atoms with Gasteiger partial charge in [0.05, 0.1) is 34.4 Å². The Hall–Kier alpha value is -0.170. The smallest absolute Gasteiger partial charge is 0.131 e. The predicted octanol–water partition coefficient (Wildman–Crippen LogP) is 0.588. The van der Waals surface area contributed by atoms with Crippen LogP contribution in [0.15, 0.2) is 30.3 Å². The van der Waals surface area contributed by atoms with Crippen molar-refractivity contribution in [1.82, 2.24) is 0 Å². The van der Waals surface area contributed by atoms with Crippen LogP contribution in [0.5, 0.6) is 0 Å². The van der Waals surface area contributed by atoms with Gasteiger partial charge in [-0.05, 0) is 24.3 Å². The molecule has 2 fully saturated rings. The van der Waals surface area contributed by atoms with Crippen LogP contribution in [-0.4, -0.2) is 51.5 Å². The van der Waals surface area contributed by atoms with E-state index in [1.807, 2.05) is 0 Å². The molecule has 1 heterocycles. The van der Waals surface area contributed by atoms with Crippen molar-refractivity contribution in [2.24, 2.45) is 5.92 Å². The Kier molecular flexibility index (Phi) is 7.11. The Morgan fingerprint density at radius 3 is 2.33 bits per heavy atom. The molecule has 1 aromatic rings. The summed E-state index contributed by atoms with van der Waals surface area (Å²) in [5.74, 6) is 0.578. The molecule has 4 heteroatoms. The second kappa shape index (κ2) is 8.47. The normalized spacial score (nSPS) is 29.0. The zero-order valence-corrected chi connectivity index (χ0v) is 17.5. The van der Waals surface area contributed by atoms with Crippen LogP contribution in [0.25, 0.3) is 0 Å². The van der Waals surface area contributed by atoms with Gasteiger partial charge >= 0.3 is 0 Å². The van der Waals surface area contributed by atoms with E-state index in [4.69, 9.17) is 9.47 Å². The monoisotopic (exact) mass is 445 g/mol. The van der Waals surface area contributed by atoms with Crippen LogP contribution in [0.2, 0.25) is 0 Å². The van der Waals surface area contributed by atoms with E-state index in [1.165, 1.54) is 37.7 Å². The van der Waals surface area contributed by atoms with Crippen LogP contribution in [0.3, 0.4) is 0 Å². The third-order valence-corrected chi connectivity index (χ3v) is 5.28. The van der Waals surface area contributed by atoms with Crippen molar-refractivity contribution in [3.63, 3.8) is 0 Å². The molecule has 1 saturated carbocycles. The summed E-state index contributed by atoms with van der Waals surface area (Å²) in [6, 6.07) is 10.8. The fourth-order valence-electron chi connectivity index (χ4n) is 4.30. The molecule has 1 aromatic carbocycles. The van der Waals surface area contributed by atoms with Crippen molar-refractivity contribution < 1.29 is 37.9 Å². The Morgan fingerprint density at radius 1 is 1.04 bits per heavy atom. The van der Waals surface area contributed by atoms with Crippen molar-refractivity contribution in [2.45, 2.75) is 43.8 Å². The molecular formula is C20H32INO2. The zero-order valence-electron chi connectivity index (χ0n) is 15.3. The molecule has 0 spiro atoms. The van der Waals surface area contributed by atoms with E-state index in [1.54, 1.807) is 0 Å². The first-order valence-corrected chi connectivity index (χ1v) is 9.11. The fraction of sp³-hybridized carbons (Fsp3) is 0.700. The van der Waals surface area contributed by atoms with Crippen LogP contribution in [0, 0.1) is 5.92 Å². The van der Waals surface area contributed by atoms with Crippen molar-refractivity contribution in [3.8, 4) is 0 Å². The molecule has 0 bridgehead atoms. The lowest BCUT2D eigenvalue weighted by molar-refractivity contribution is -0.874. The summed E-state index contributed by atoms with van der Waals surface area (Å²) >= 11 is 0. The number of hydrogen-bond donors (Lipinski definition) is 0. The molecule has 0 unspecified atom stereocenters. The van der Waals surface area contributed by atoms with Crippen LogP contribution >= 0.6 is 0 Å². The highest BCUT2D eigenvalue weighted by atomic mass is 127. The van der Waals surface area contributed by atoms with Crippen LogP contribution in [0.4, 0.5) is 0 Å². The molecule has 3 nitrogen and oxygen atoms in total. The van der Waals surface area contributed by atoms with E-state index in [0.717, 1.165) is 17.6 Å². The molecule has 136 valence electrons. The molecule has 1 saturated heterocycles. The van der Waals surface area contributed by atoms with Gasteiger partial charge in [0.25, 0.3) is 0 Å². The lowest BCUT2D eigenvalue weighted by Crippen LogP contribution is -3.00. The van der Waals surface area contributed by atoms with Gasteiger partial charge in [-0.2, -0.15) is 0 Å². The molecule has 0 N–H and O–H groups in total. The second-order valence-electron chi connectivity index (χ2n) is 8.32. The summed E-state index contributed by atoms with van der Waals surface area (Å²) < 4.78 is 13.9. The molecule has 2 atom stereocenters. The van der Waals surface area contributed by atoms with Crippen LogP contribution < -0.4 is 24.0 Å². The Morgan fingerprint density at radius 2 is 1.71 bits per heavy atom. The number of nitrogens with zero attached hydrogens (tertiary/aromatic N) is 1. The standard InChI is InChI=1S/C20H32NO2.HI/c1-21(2,3)14-19-15-22-16-20(23-19,17-10-6-4-7-11-17)18-12-8-5-9-13-18;/h4,6-7,10-11,18-19H,5,8-9,12-16H2,1-3H3;1H/q+1;/p-1/t19-,20+;/m0./s1. The van der Waals surface area contributed by atoms with Gasteiger partial charge in [0.1, 0.15) is 18.2 Å². The summed E-state index contributed by atoms with van der Waals surface area (Å²) in [6.45, 7) is 2.41. The SMILES string of the molecule is C[N+](C)(C)C[C@H]1COC[C@@](c2ccccc2)(C2CCCCC2)O1.[I-]. The predicted molar refractivity (Wildman–Crippen MR) is 93.3 cm³/mol. The number of quaternary nitrogens is 1. The number of ether oxygens (including phenoxy) is 2. The maximum Gasteiger partial charge on any atom is 0.131 e. The van der Waals surface area contributed by atoms with Gasteiger partial charge in [0, 0.05) is 0 Å². The largest absolute Gasteiger partial charge is 1.00 e. The van der Waals surface area contributed by atoms with Crippen LogP contribution in [-0.2, 0) is 15.1 Å². The summed E-state index contributed by atoms with van der Waals surface area (Å²) in [6.07, 6.45) is 6.70. The number of hydrogen-bond acceptors (Lipinski definition) is 2. The average molecular weight is 445 g/mol. The summed E-state index contributed by atoms with van der Waals surface area (Å²) in [5, 5.41) is 0. The molecule has 24 heavy (non-hydrogen) atoms. The molecule has 1 aliphatic carbocycles. The summed E-state index contributed by atoms with van der Waals surface area (Å²) in [7, 11) is 6.67. The van der Waals surface area contributed by atoms with Crippen molar-refractivity contribution in [1.29, 1.82) is 0 Å². The second-order valence-corrected chi connectivity index (χ2v) is 8.32.